The van der Waals surface area contributed by atoms with Crippen LogP contribution in [0.4, 0.5) is 5.82 Å². The lowest BCUT2D eigenvalue weighted by molar-refractivity contribution is 0.836. The van der Waals surface area contributed by atoms with Crippen molar-refractivity contribution in [2.24, 2.45) is 0 Å². The van der Waals surface area contributed by atoms with Crippen molar-refractivity contribution in [2.75, 3.05) is 17.7 Å². The summed E-state index contributed by atoms with van der Waals surface area (Å²) >= 11 is 14.8. The van der Waals surface area contributed by atoms with E-state index in [0.717, 1.165) is 29.7 Å². The SMILES string of the molecule is ClCCCCNc1ncc(Br)cc1Cl. The average molecular weight is 298 g/mol. The van der Waals surface area contributed by atoms with Gasteiger partial charge in [-0.05, 0) is 34.8 Å². The second kappa shape index (κ2) is 6.49. The lowest BCUT2D eigenvalue weighted by Crippen LogP contribution is -2.03. The van der Waals surface area contributed by atoms with Crippen LogP contribution in [0.2, 0.25) is 5.02 Å². The van der Waals surface area contributed by atoms with Gasteiger partial charge < -0.3 is 5.32 Å². The summed E-state index contributed by atoms with van der Waals surface area (Å²) in [6, 6.07) is 1.82. The number of hydrogen-bond acceptors (Lipinski definition) is 2. The Morgan fingerprint density at radius 3 is 2.86 bits per heavy atom. The number of rotatable bonds is 5. The van der Waals surface area contributed by atoms with Crippen molar-refractivity contribution in [3.63, 3.8) is 0 Å². The zero-order chi connectivity index (χ0) is 10.4. The minimum Gasteiger partial charge on any atom is -0.369 e. The van der Waals surface area contributed by atoms with Gasteiger partial charge in [-0.2, -0.15) is 0 Å². The van der Waals surface area contributed by atoms with Crippen molar-refractivity contribution in [3.05, 3.63) is 21.8 Å². The molecule has 1 aromatic rings. The molecule has 0 aliphatic rings. The smallest absolute Gasteiger partial charge is 0.144 e. The second-order valence-electron chi connectivity index (χ2n) is 2.81. The Labute approximate surface area is 102 Å². The molecule has 1 aromatic heterocycles. The normalized spacial score (nSPS) is 10.2. The summed E-state index contributed by atoms with van der Waals surface area (Å²) in [6.07, 6.45) is 3.75. The van der Waals surface area contributed by atoms with Crippen molar-refractivity contribution in [3.8, 4) is 0 Å². The summed E-state index contributed by atoms with van der Waals surface area (Å²) in [7, 11) is 0. The molecule has 0 amide bonds. The van der Waals surface area contributed by atoms with Crippen molar-refractivity contribution < 1.29 is 0 Å². The van der Waals surface area contributed by atoms with E-state index in [1.54, 1.807) is 6.20 Å². The number of nitrogens with zero attached hydrogens (tertiary/aromatic N) is 1. The molecule has 0 aromatic carbocycles. The third kappa shape index (κ3) is 4.03. The Hall–Kier alpha value is 0.01000. The van der Waals surface area contributed by atoms with Crippen LogP contribution in [0.1, 0.15) is 12.8 Å². The molecular formula is C9H11BrCl2N2. The van der Waals surface area contributed by atoms with Gasteiger partial charge >= 0.3 is 0 Å². The summed E-state index contributed by atoms with van der Waals surface area (Å²) in [5, 5.41) is 3.78. The van der Waals surface area contributed by atoms with Crippen molar-refractivity contribution >= 4 is 44.9 Å². The zero-order valence-corrected chi connectivity index (χ0v) is 10.7. The van der Waals surface area contributed by atoms with E-state index in [-0.39, 0.29) is 0 Å². The van der Waals surface area contributed by atoms with Gasteiger partial charge in [0.25, 0.3) is 0 Å². The molecule has 0 aliphatic heterocycles. The summed E-state index contributed by atoms with van der Waals surface area (Å²) < 4.78 is 0.883. The fraction of sp³-hybridized carbons (Fsp3) is 0.444. The van der Waals surface area contributed by atoms with Gasteiger partial charge in [-0.3, -0.25) is 0 Å². The number of anilines is 1. The van der Waals surface area contributed by atoms with Gasteiger partial charge in [-0.15, -0.1) is 11.6 Å². The number of halogens is 3. The van der Waals surface area contributed by atoms with E-state index in [4.69, 9.17) is 23.2 Å². The van der Waals surface area contributed by atoms with Crippen molar-refractivity contribution in [1.82, 2.24) is 4.98 Å². The third-order valence-electron chi connectivity index (χ3n) is 1.66. The molecular weight excluding hydrogens is 287 g/mol. The fourth-order valence-corrected chi connectivity index (χ4v) is 1.86. The molecule has 14 heavy (non-hydrogen) atoms. The molecule has 78 valence electrons. The van der Waals surface area contributed by atoms with Crippen LogP contribution in [0.3, 0.4) is 0 Å². The van der Waals surface area contributed by atoms with Gasteiger partial charge in [-0.25, -0.2) is 4.98 Å². The first-order valence-corrected chi connectivity index (χ1v) is 6.05. The lowest BCUT2D eigenvalue weighted by Gasteiger charge is -2.06. The van der Waals surface area contributed by atoms with Crippen LogP contribution in [0.25, 0.3) is 0 Å². The third-order valence-corrected chi connectivity index (χ3v) is 2.65. The number of alkyl halides is 1. The van der Waals surface area contributed by atoms with E-state index < -0.39 is 0 Å². The Morgan fingerprint density at radius 2 is 2.21 bits per heavy atom. The standard InChI is InChI=1S/C9H11BrCl2N2/c10-7-5-8(12)9(14-6-7)13-4-2-1-3-11/h5-6H,1-4H2,(H,13,14). The molecule has 0 spiro atoms. The van der Waals surface area contributed by atoms with Crippen molar-refractivity contribution in [1.29, 1.82) is 0 Å². The summed E-state index contributed by atoms with van der Waals surface area (Å²) in [4.78, 5) is 4.15. The van der Waals surface area contributed by atoms with Crippen LogP contribution in [0.15, 0.2) is 16.7 Å². The predicted molar refractivity (Wildman–Crippen MR) is 65.4 cm³/mol. The Kier molecular flexibility index (Phi) is 5.60. The first-order valence-electron chi connectivity index (χ1n) is 4.35. The van der Waals surface area contributed by atoms with E-state index in [9.17, 15) is 0 Å². The molecule has 5 heteroatoms. The molecule has 0 radical (unpaired) electrons. The molecule has 0 unspecified atom stereocenters. The quantitative estimate of drug-likeness (QED) is 0.658. The number of aromatic nitrogens is 1. The predicted octanol–water partition coefficient (Wildman–Crippen LogP) is 3.93. The lowest BCUT2D eigenvalue weighted by atomic mass is 10.3. The zero-order valence-electron chi connectivity index (χ0n) is 7.56. The average Bonchev–Trinajstić information content (AvgIpc) is 2.15. The minimum absolute atomic E-state index is 0.630. The largest absolute Gasteiger partial charge is 0.369 e. The topological polar surface area (TPSA) is 24.9 Å². The monoisotopic (exact) mass is 296 g/mol. The van der Waals surface area contributed by atoms with Gasteiger partial charge in [-0.1, -0.05) is 11.6 Å². The van der Waals surface area contributed by atoms with Crippen LogP contribution in [0.5, 0.6) is 0 Å². The highest BCUT2D eigenvalue weighted by atomic mass is 79.9. The molecule has 1 heterocycles. The van der Waals surface area contributed by atoms with Gasteiger partial charge in [0.2, 0.25) is 0 Å². The molecule has 0 bridgehead atoms. The molecule has 0 saturated heterocycles. The Bertz CT molecular complexity index is 294. The second-order valence-corrected chi connectivity index (χ2v) is 4.51. The molecule has 0 aliphatic carbocycles. The maximum Gasteiger partial charge on any atom is 0.144 e. The first kappa shape index (κ1) is 12.1. The molecule has 1 N–H and O–H groups in total. The number of hydrogen-bond donors (Lipinski definition) is 1. The van der Waals surface area contributed by atoms with E-state index in [1.807, 2.05) is 6.07 Å². The van der Waals surface area contributed by atoms with Crippen LogP contribution in [-0.2, 0) is 0 Å². The number of nitrogens with one attached hydrogen (secondary N) is 1. The van der Waals surface area contributed by atoms with E-state index >= 15 is 0 Å². The van der Waals surface area contributed by atoms with Gasteiger partial charge in [0.1, 0.15) is 5.82 Å². The van der Waals surface area contributed by atoms with E-state index in [0.29, 0.717) is 10.9 Å². The summed E-state index contributed by atoms with van der Waals surface area (Å²) in [5.41, 5.74) is 0. The van der Waals surface area contributed by atoms with Gasteiger partial charge in [0.05, 0.1) is 5.02 Å². The highest BCUT2D eigenvalue weighted by Gasteiger charge is 2.00. The summed E-state index contributed by atoms with van der Waals surface area (Å²) in [6.45, 7) is 0.848. The number of unbranched alkanes of at least 4 members (excludes halogenated alkanes) is 1. The Balaban J connectivity index is 2.42. The maximum absolute atomic E-state index is 5.96. The molecule has 0 saturated carbocycles. The van der Waals surface area contributed by atoms with Crippen LogP contribution >= 0.6 is 39.1 Å². The Morgan fingerprint density at radius 1 is 1.43 bits per heavy atom. The highest BCUT2D eigenvalue weighted by molar-refractivity contribution is 9.10. The molecule has 0 atom stereocenters. The van der Waals surface area contributed by atoms with E-state index in [1.165, 1.54) is 0 Å². The fourth-order valence-electron chi connectivity index (χ4n) is 0.971. The maximum atomic E-state index is 5.96. The van der Waals surface area contributed by atoms with Crippen LogP contribution in [-0.4, -0.2) is 17.4 Å². The van der Waals surface area contributed by atoms with Crippen LogP contribution < -0.4 is 5.32 Å². The summed E-state index contributed by atoms with van der Waals surface area (Å²) in [5.74, 6) is 1.42. The van der Waals surface area contributed by atoms with Gasteiger partial charge in [0, 0.05) is 23.1 Å². The van der Waals surface area contributed by atoms with E-state index in [2.05, 4.69) is 26.2 Å². The highest BCUT2D eigenvalue weighted by Crippen LogP contribution is 2.22. The number of pyridine rings is 1. The van der Waals surface area contributed by atoms with Crippen LogP contribution in [0, 0.1) is 0 Å². The van der Waals surface area contributed by atoms with Gasteiger partial charge in [0.15, 0.2) is 0 Å². The minimum atomic E-state index is 0.630. The molecule has 1 rings (SSSR count). The first-order chi connectivity index (χ1) is 6.74. The molecule has 2 nitrogen and oxygen atoms in total. The van der Waals surface area contributed by atoms with Crippen molar-refractivity contribution in [2.45, 2.75) is 12.8 Å². The molecule has 0 fully saturated rings.